The Kier molecular flexibility index (Phi) is 12.3. The lowest BCUT2D eigenvalue weighted by molar-refractivity contribution is -0.0987. The number of nitrogens with one attached hydrogen (secondary N) is 1. The van der Waals surface area contributed by atoms with Crippen LogP contribution in [0.2, 0.25) is 5.02 Å². The topological polar surface area (TPSA) is 91.4 Å². The van der Waals surface area contributed by atoms with Crippen LogP contribution in [0.1, 0.15) is 100 Å². The summed E-state index contributed by atoms with van der Waals surface area (Å²) in [7, 11) is -0.427. The van der Waals surface area contributed by atoms with E-state index in [1.807, 2.05) is 32.2 Å². The predicted octanol–water partition coefficient (Wildman–Crippen LogP) is 7.46. The average molecular weight is 796 g/mol. The monoisotopic (exact) mass is 794 g/mol. The number of allylic oxidation sites excluding steroid dienone is 1. The van der Waals surface area contributed by atoms with Crippen LogP contribution in [-0.2, 0) is 26.6 Å². The van der Waals surface area contributed by atoms with Crippen molar-refractivity contribution in [2.45, 2.75) is 107 Å². The summed E-state index contributed by atoms with van der Waals surface area (Å²) in [6.45, 7) is 12.7. The Bertz CT molecular complexity index is 1840. The van der Waals surface area contributed by atoms with Gasteiger partial charge in [0.15, 0.2) is 0 Å². The number of halogens is 1. The number of piperazine rings is 1. The molecule has 1 amide bonds. The summed E-state index contributed by atoms with van der Waals surface area (Å²) in [5, 5.41) is -0.0199. The van der Waals surface area contributed by atoms with Gasteiger partial charge >= 0.3 is 0 Å². The molecule has 3 aliphatic heterocycles. The Morgan fingerprint density at radius 1 is 0.945 bits per heavy atom. The van der Waals surface area contributed by atoms with Gasteiger partial charge in [-0.25, -0.2) is 13.1 Å². The molecule has 9 nitrogen and oxygen atoms in total. The molecule has 0 unspecified atom stereocenters. The highest BCUT2D eigenvalue weighted by atomic mass is 35.5. The van der Waals surface area contributed by atoms with Crippen molar-refractivity contribution >= 4 is 33.2 Å². The lowest BCUT2D eigenvalue weighted by atomic mass is 9.63. The van der Waals surface area contributed by atoms with Gasteiger partial charge < -0.3 is 14.4 Å². The van der Waals surface area contributed by atoms with E-state index in [2.05, 4.69) is 50.6 Å². The molecule has 1 N–H and O–H groups in total. The number of sulfonamides is 1. The maximum atomic E-state index is 13.7. The van der Waals surface area contributed by atoms with Gasteiger partial charge in [0.2, 0.25) is 10.0 Å². The van der Waals surface area contributed by atoms with Crippen molar-refractivity contribution < 1.29 is 22.7 Å². The van der Waals surface area contributed by atoms with E-state index in [4.69, 9.17) is 21.1 Å². The molecule has 0 aromatic heterocycles. The highest BCUT2D eigenvalue weighted by Crippen LogP contribution is 2.48. The first-order valence-corrected chi connectivity index (χ1v) is 22.7. The molecular formula is C44H63ClN4O5S. The van der Waals surface area contributed by atoms with Gasteiger partial charge in [-0.15, -0.1) is 0 Å². The van der Waals surface area contributed by atoms with Crippen molar-refractivity contribution in [3.05, 3.63) is 70.3 Å². The number of carbonyl (C=O) groups excluding carboxylic acids is 1. The third kappa shape index (κ3) is 8.50. The van der Waals surface area contributed by atoms with Gasteiger partial charge in [-0.2, -0.15) is 0 Å². The van der Waals surface area contributed by atoms with Gasteiger partial charge in [-0.1, -0.05) is 56.5 Å². The number of amides is 1. The van der Waals surface area contributed by atoms with Gasteiger partial charge in [0.25, 0.3) is 5.91 Å². The van der Waals surface area contributed by atoms with Gasteiger partial charge in [-0.3, -0.25) is 14.6 Å². The minimum absolute atomic E-state index is 0.187. The largest absolute Gasteiger partial charge is 0.495 e. The van der Waals surface area contributed by atoms with Crippen molar-refractivity contribution in [3.8, 4) is 5.75 Å². The zero-order valence-corrected chi connectivity index (χ0v) is 35.3. The van der Waals surface area contributed by atoms with Gasteiger partial charge in [0, 0.05) is 68.4 Å². The first-order chi connectivity index (χ1) is 26.3. The van der Waals surface area contributed by atoms with Crippen molar-refractivity contribution in [3.63, 3.8) is 0 Å². The van der Waals surface area contributed by atoms with Crippen molar-refractivity contribution in [1.82, 2.24) is 14.5 Å². The Labute approximate surface area is 335 Å². The van der Waals surface area contributed by atoms with Crippen molar-refractivity contribution in [2.24, 2.45) is 17.8 Å². The summed E-state index contributed by atoms with van der Waals surface area (Å²) in [5.41, 5.74) is 2.99. The van der Waals surface area contributed by atoms with Gasteiger partial charge in [0.1, 0.15) is 11.4 Å². The Morgan fingerprint density at radius 2 is 1.78 bits per heavy atom. The SMILES string of the molecule is COc1ccc2cc1N(C[C@]1(C)CCCc3cc(Cl)ccc31)C[C@@H]1CC[C@H]1[C@](CN1CCN3CCCCC[C@@H]3C1)(OC)/C=C/C[C@H](C)[C@@H](C)S(=O)(=O)NC2=O. The maximum absolute atomic E-state index is 13.7. The molecule has 302 valence electrons. The molecule has 1 saturated carbocycles. The number of hydrogen-bond acceptors (Lipinski definition) is 8. The molecule has 0 radical (unpaired) electrons. The summed E-state index contributed by atoms with van der Waals surface area (Å²) in [6, 6.07) is 12.2. The zero-order chi connectivity index (χ0) is 39.0. The van der Waals surface area contributed by atoms with Gasteiger partial charge in [-0.05, 0) is 124 Å². The number of aryl methyl sites for hydroxylation is 1. The van der Waals surface area contributed by atoms with Crippen LogP contribution < -0.4 is 14.4 Å². The lowest BCUT2D eigenvalue weighted by Crippen LogP contribution is -2.60. The second-order valence-electron chi connectivity index (χ2n) is 17.7. The quantitative estimate of drug-likeness (QED) is 0.302. The van der Waals surface area contributed by atoms with Crippen LogP contribution in [0, 0.1) is 17.8 Å². The third-order valence-electron chi connectivity index (χ3n) is 14.2. The highest BCUT2D eigenvalue weighted by Gasteiger charge is 2.49. The van der Waals surface area contributed by atoms with E-state index in [1.165, 1.54) is 43.4 Å². The molecule has 2 aromatic carbocycles. The average Bonchev–Trinajstić information content (AvgIpc) is 3.40. The van der Waals surface area contributed by atoms with Crippen LogP contribution in [0.4, 0.5) is 5.69 Å². The lowest BCUT2D eigenvalue weighted by Gasteiger charge is -2.53. The van der Waals surface area contributed by atoms with Crippen LogP contribution in [0.3, 0.4) is 0 Å². The molecule has 7 rings (SSSR count). The third-order valence-corrected chi connectivity index (χ3v) is 16.3. The van der Waals surface area contributed by atoms with E-state index in [9.17, 15) is 13.2 Å². The maximum Gasteiger partial charge on any atom is 0.264 e. The number of anilines is 1. The van der Waals surface area contributed by atoms with Crippen LogP contribution in [0.15, 0.2) is 48.6 Å². The first kappa shape index (κ1) is 40.6. The van der Waals surface area contributed by atoms with Crippen LogP contribution >= 0.6 is 11.6 Å². The van der Waals surface area contributed by atoms with E-state index in [-0.39, 0.29) is 17.3 Å². The molecule has 3 heterocycles. The fourth-order valence-electron chi connectivity index (χ4n) is 10.5. The molecule has 7 atom stereocenters. The second-order valence-corrected chi connectivity index (χ2v) is 20.1. The zero-order valence-electron chi connectivity index (χ0n) is 33.7. The summed E-state index contributed by atoms with van der Waals surface area (Å²) in [5.74, 6) is 0.408. The number of ether oxygens (including phenoxy) is 2. The van der Waals surface area contributed by atoms with E-state index in [0.29, 0.717) is 36.2 Å². The summed E-state index contributed by atoms with van der Waals surface area (Å²) >= 11 is 6.51. The van der Waals surface area contributed by atoms with E-state index < -0.39 is 26.8 Å². The number of nitrogens with zero attached hydrogens (tertiary/aromatic N) is 3. The molecule has 11 heteroatoms. The molecule has 55 heavy (non-hydrogen) atoms. The number of carbonyl (C=O) groups is 1. The molecule has 2 bridgehead atoms. The minimum Gasteiger partial charge on any atom is -0.495 e. The van der Waals surface area contributed by atoms with Crippen molar-refractivity contribution in [1.29, 1.82) is 0 Å². The fourth-order valence-corrected chi connectivity index (χ4v) is 12.0. The molecule has 2 aromatic rings. The predicted molar refractivity (Wildman–Crippen MR) is 222 cm³/mol. The number of rotatable bonds is 6. The highest BCUT2D eigenvalue weighted by molar-refractivity contribution is 7.90. The standard InChI is InChI=1S/C44H63ClN4O5S/c1-31-11-9-21-44(54-5,30-47-23-24-48-22-8-6-7-13-37(48)28-47)39-17-14-35(39)27-49(29-43(3)20-10-12-33-25-36(45)16-18-38(33)43)40-26-34(15-19-41(40)53-4)42(50)46-55(51,52)32(31)2/h9,15-16,18-19,21,25-26,31-32,35,37,39H,6-8,10-14,17,20,22-24,27-30H2,1-5H3,(H,46,50)/b21-9+/t31-,32+,35-,37+,39+,43-,44-/m0/s1. The Balaban J connectivity index is 1.29. The molecular weight excluding hydrogens is 732 g/mol. The fraction of sp³-hybridized carbons (Fsp3) is 0.659. The smallest absolute Gasteiger partial charge is 0.264 e. The van der Waals surface area contributed by atoms with Crippen molar-refractivity contribution in [2.75, 3.05) is 64.9 Å². The number of benzene rings is 2. The van der Waals surface area contributed by atoms with Crippen LogP contribution in [0.25, 0.3) is 0 Å². The summed E-state index contributed by atoms with van der Waals surface area (Å²) in [4.78, 5) is 21.5. The molecule has 5 aliphatic rings. The Morgan fingerprint density at radius 3 is 2.55 bits per heavy atom. The molecule has 3 fully saturated rings. The minimum atomic E-state index is -3.97. The molecule has 2 saturated heterocycles. The van der Waals surface area contributed by atoms with E-state index >= 15 is 0 Å². The Hall–Kier alpha value is -2.63. The van der Waals surface area contributed by atoms with Crippen LogP contribution in [-0.4, -0.2) is 101 Å². The van der Waals surface area contributed by atoms with E-state index in [1.54, 1.807) is 20.1 Å². The summed E-state index contributed by atoms with van der Waals surface area (Å²) in [6.07, 6.45) is 15.4. The molecule has 0 spiro atoms. The molecule has 2 aliphatic carbocycles. The normalized spacial score (nSPS) is 33.9. The van der Waals surface area contributed by atoms with Gasteiger partial charge in [0.05, 0.1) is 18.0 Å². The second kappa shape index (κ2) is 16.7. The number of hydrogen-bond donors (Lipinski definition) is 1. The van der Waals surface area contributed by atoms with E-state index in [0.717, 1.165) is 75.5 Å². The van der Waals surface area contributed by atoms with Crippen LogP contribution in [0.5, 0.6) is 5.75 Å². The number of fused-ring (bicyclic) bond motifs is 5. The first-order valence-electron chi connectivity index (χ1n) is 20.8. The number of methoxy groups -OCH3 is 2. The summed E-state index contributed by atoms with van der Waals surface area (Å²) < 4.78 is 42.6.